The standard InChI is InChI=1S/C21H22FN5O.ClH/c1-14-5-3-8-18(11-14)27-15(2)20(24-25-27)21(28)26-10-9-23-13-19(26)16-6-4-7-17(22)12-16;/h3-8,11-12,19,23H,9-10,13H2,1-2H3;1H. The van der Waals surface area contributed by atoms with Crippen LogP contribution in [0.1, 0.15) is 33.4 Å². The minimum absolute atomic E-state index is 0. The van der Waals surface area contributed by atoms with Crippen molar-refractivity contribution in [3.63, 3.8) is 0 Å². The second kappa shape index (κ2) is 8.71. The van der Waals surface area contributed by atoms with Crippen molar-refractivity contribution in [3.05, 3.63) is 76.9 Å². The summed E-state index contributed by atoms with van der Waals surface area (Å²) in [5, 5.41) is 11.7. The van der Waals surface area contributed by atoms with Crippen LogP contribution < -0.4 is 5.32 Å². The van der Waals surface area contributed by atoms with E-state index in [0.717, 1.165) is 16.8 Å². The number of carbonyl (C=O) groups is 1. The highest BCUT2D eigenvalue weighted by atomic mass is 35.5. The number of halogens is 2. The molecule has 2 heterocycles. The molecule has 1 atom stereocenters. The van der Waals surface area contributed by atoms with Crippen molar-refractivity contribution in [2.24, 2.45) is 0 Å². The van der Waals surface area contributed by atoms with Gasteiger partial charge in [0, 0.05) is 19.6 Å². The maximum Gasteiger partial charge on any atom is 0.276 e. The third-order valence-corrected chi connectivity index (χ3v) is 5.08. The highest BCUT2D eigenvalue weighted by Crippen LogP contribution is 2.25. The Morgan fingerprint density at radius 1 is 1.17 bits per heavy atom. The van der Waals surface area contributed by atoms with Gasteiger partial charge in [0.15, 0.2) is 5.69 Å². The van der Waals surface area contributed by atoms with E-state index in [1.54, 1.807) is 15.6 Å². The van der Waals surface area contributed by atoms with Crippen molar-refractivity contribution in [1.82, 2.24) is 25.2 Å². The first-order chi connectivity index (χ1) is 13.5. The summed E-state index contributed by atoms with van der Waals surface area (Å²) >= 11 is 0. The number of rotatable bonds is 3. The summed E-state index contributed by atoms with van der Waals surface area (Å²) in [6.07, 6.45) is 0. The number of hydrogen-bond acceptors (Lipinski definition) is 4. The van der Waals surface area contributed by atoms with E-state index in [9.17, 15) is 9.18 Å². The number of piperazine rings is 1. The van der Waals surface area contributed by atoms with Gasteiger partial charge in [-0.15, -0.1) is 17.5 Å². The molecule has 0 aliphatic carbocycles. The van der Waals surface area contributed by atoms with Gasteiger partial charge in [0.2, 0.25) is 0 Å². The van der Waals surface area contributed by atoms with Crippen LogP contribution in [0.25, 0.3) is 5.69 Å². The third-order valence-electron chi connectivity index (χ3n) is 5.08. The summed E-state index contributed by atoms with van der Waals surface area (Å²) in [7, 11) is 0. The van der Waals surface area contributed by atoms with E-state index in [4.69, 9.17) is 0 Å². The number of carbonyl (C=O) groups excluding carboxylic acids is 1. The summed E-state index contributed by atoms with van der Waals surface area (Å²) in [6.45, 7) is 5.63. The second-order valence-corrected chi connectivity index (χ2v) is 7.05. The molecule has 2 aromatic carbocycles. The van der Waals surface area contributed by atoms with Crippen LogP contribution in [0.4, 0.5) is 4.39 Å². The topological polar surface area (TPSA) is 63.1 Å². The van der Waals surface area contributed by atoms with E-state index >= 15 is 0 Å². The molecule has 3 aromatic rings. The largest absolute Gasteiger partial charge is 0.328 e. The number of benzene rings is 2. The molecule has 152 valence electrons. The summed E-state index contributed by atoms with van der Waals surface area (Å²) in [5.74, 6) is -0.496. The average Bonchev–Trinajstić information content (AvgIpc) is 3.09. The van der Waals surface area contributed by atoms with E-state index in [1.807, 2.05) is 44.2 Å². The summed E-state index contributed by atoms with van der Waals surface area (Å²) in [5.41, 5.74) is 3.75. The first-order valence-electron chi connectivity index (χ1n) is 9.31. The quantitative estimate of drug-likeness (QED) is 0.713. The minimum atomic E-state index is -0.308. The number of nitrogens with zero attached hydrogens (tertiary/aromatic N) is 4. The van der Waals surface area contributed by atoms with Crippen LogP contribution in [0.15, 0.2) is 48.5 Å². The molecule has 4 rings (SSSR count). The molecule has 1 aliphatic rings. The van der Waals surface area contributed by atoms with Gasteiger partial charge in [0.1, 0.15) is 5.82 Å². The molecule has 0 saturated carbocycles. The third kappa shape index (κ3) is 4.16. The molecule has 29 heavy (non-hydrogen) atoms. The van der Waals surface area contributed by atoms with E-state index in [2.05, 4.69) is 15.6 Å². The normalized spacial score (nSPS) is 16.4. The van der Waals surface area contributed by atoms with Gasteiger partial charge >= 0.3 is 0 Å². The van der Waals surface area contributed by atoms with Gasteiger partial charge in [-0.05, 0) is 49.2 Å². The fraction of sp³-hybridized carbons (Fsp3) is 0.286. The summed E-state index contributed by atoms with van der Waals surface area (Å²) < 4.78 is 15.4. The van der Waals surface area contributed by atoms with Crippen molar-refractivity contribution in [2.75, 3.05) is 19.6 Å². The lowest BCUT2D eigenvalue weighted by Gasteiger charge is -2.36. The number of amides is 1. The van der Waals surface area contributed by atoms with Crippen LogP contribution in [-0.4, -0.2) is 45.4 Å². The van der Waals surface area contributed by atoms with Crippen LogP contribution in [0.2, 0.25) is 0 Å². The molecule has 1 saturated heterocycles. The molecule has 0 bridgehead atoms. The molecule has 1 unspecified atom stereocenters. The first-order valence-corrected chi connectivity index (χ1v) is 9.31. The molecule has 1 N–H and O–H groups in total. The zero-order valence-corrected chi connectivity index (χ0v) is 17.1. The fourth-order valence-electron chi connectivity index (χ4n) is 3.63. The van der Waals surface area contributed by atoms with Gasteiger partial charge in [-0.3, -0.25) is 4.79 Å². The maximum absolute atomic E-state index is 13.7. The molecule has 1 amide bonds. The average molecular weight is 416 g/mol. The molecule has 1 fully saturated rings. The van der Waals surface area contributed by atoms with Gasteiger partial charge in [-0.2, -0.15) is 0 Å². The Morgan fingerprint density at radius 3 is 2.72 bits per heavy atom. The maximum atomic E-state index is 13.7. The lowest BCUT2D eigenvalue weighted by atomic mass is 10.0. The monoisotopic (exact) mass is 415 g/mol. The lowest BCUT2D eigenvalue weighted by Crippen LogP contribution is -2.49. The van der Waals surface area contributed by atoms with E-state index in [0.29, 0.717) is 31.0 Å². The molecule has 1 aromatic heterocycles. The number of aryl methyl sites for hydroxylation is 1. The Morgan fingerprint density at radius 2 is 1.97 bits per heavy atom. The summed E-state index contributed by atoms with van der Waals surface area (Å²) in [6, 6.07) is 14.0. The minimum Gasteiger partial charge on any atom is -0.328 e. The van der Waals surface area contributed by atoms with Crippen LogP contribution in [0.5, 0.6) is 0 Å². The fourth-order valence-corrected chi connectivity index (χ4v) is 3.63. The Kier molecular flexibility index (Phi) is 6.30. The predicted octanol–water partition coefficient (Wildman–Crippen LogP) is 3.23. The number of aromatic nitrogens is 3. The Hall–Kier alpha value is -2.77. The van der Waals surface area contributed by atoms with Crippen LogP contribution in [0, 0.1) is 19.7 Å². The van der Waals surface area contributed by atoms with Gasteiger partial charge in [-0.1, -0.05) is 29.5 Å². The Bertz CT molecular complexity index is 1020. The van der Waals surface area contributed by atoms with Crippen LogP contribution in [-0.2, 0) is 0 Å². The Balaban J connectivity index is 0.00000240. The number of hydrogen-bond donors (Lipinski definition) is 1. The van der Waals surface area contributed by atoms with Crippen molar-refractivity contribution in [2.45, 2.75) is 19.9 Å². The van der Waals surface area contributed by atoms with E-state index < -0.39 is 0 Å². The van der Waals surface area contributed by atoms with Crippen LogP contribution in [0.3, 0.4) is 0 Å². The molecule has 6 nitrogen and oxygen atoms in total. The molecule has 0 spiro atoms. The van der Waals surface area contributed by atoms with Crippen molar-refractivity contribution >= 4 is 18.3 Å². The van der Waals surface area contributed by atoms with Gasteiger partial charge in [-0.25, -0.2) is 9.07 Å². The Labute approximate surface area is 175 Å². The SMILES string of the molecule is Cc1cccc(-n2nnc(C(=O)N3CCNCC3c3cccc(F)c3)c2C)c1.Cl. The molecule has 0 radical (unpaired) electrons. The molecule has 1 aliphatic heterocycles. The van der Waals surface area contributed by atoms with Gasteiger partial charge < -0.3 is 10.2 Å². The highest BCUT2D eigenvalue weighted by molar-refractivity contribution is 5.93. The van der Waals surface area contributed by atoms with E-state index in [-0.39, 0.29) is 30.2 Å². The van der Waals surface area contributed by atoms with Gasteiger partial charge in [0.05, 0.1) is 17.4 Å². The molecular weight excluding hydrogens is 393 g/mol. The lowest BCUT2D eigenvalue weighted by molar-refractivity contribution is 0.0627. The summed E-state index contributed by atoms with van der Waals surface area (Å²) in [4.78, 5) is 15.0. The zero-order valence-electron chi connectivity index (χ0n) is 16.3. The predicted molar refractivity (Wildman–Crippen MR) is 111 cm³/mol. The van der Waals surface area contributed by atoms with E-state index in [1.165, 1.54) is 12.1 Å². The molecular formula is C21H23ClFN5O. The zero-order chi connectivity index (χ0) is 19.7. The number of nitrogens with one attached hydrogen (secondary N) is 1. The smallest absolute Gasteiger partial charge is 0.276 e. The van der Waals surface area contributed by atoms with Crippen LogP contribution >= 0.6 is 12.4 Å². The van der Waals surface area contributed by atoms with Gasteiger partial charge in [0.25, 0.3) is 5.91 Å². The van der Waals surface area contributed by atoms with Crippen molar-refractivity contribution in [1.29, 1.82) is 0 Å². The molecule has 8 heteroatoms. The van der Waals surface area contributed by atoms with Crippen molar-refractivity contribution in [3.8, 4) is 5.69 Å². The highest BCUT2D eigenvalue weighted by Gasteiger charge is 2.31. The first kappa shape index (κ1) is 21.0. The van der Waals surface area contributed by atoms with Crippen molar-refractivity contribution < 1.29 is 9.18 Å². The second-order valence-electron chi connectivity index (χ2n) is 7.05.